The molecule has 0 spiro atoms. The average molecular weight is 336 g/mol. The van der Waals surface area contributed by atoms with Gasteiger partial charge in [0, 0.05) is 23.3 Å². The summed E-state index contributed by atoms with van der Waals surface area (Å²) in [4.78, 5) is 1.30. The van der Waals surface area contributed by atoms with Gasteiger partial charge in [0.25, 0.3) is 0 Å². The van der Waals surface area contributed by atoms with Crippen molar-refractivity contribution in [2.24, 2.45) is 5.41 Å². The number of alkyl halides is 1. The molecular formula is C14H22ClNO2S2. The minimum absolute atomic E-state index is 0.335. The summed E-state index contributed by atoms with van der Waals surface area (Å²) in [5.74, 6) is 0.370. The van der Waals surface area contributed by atoms with Gasteiger partial charge in [0.2, 0.25) is 10.0 Å². The first kappa shape index (κ1) is 16.3. The molecule has 1 aromatic rings. The lowest BCUT2D eigenvalue weighted by atomic mass is 9.75. The van der Waals surface area contributed by atoms with Crippen LogP contribution in [0, 0.1) is 5.41 Å². The van der Waals surface area contributed by atoms with Crippen LogP contribution >= 0.6 is 22.9 Å². The summed E-state index contributed by atoms with van der Waals surface area (Å²) >= 11 is 7.16. The van der Waals surface area contributed by atoms with Crippen molar-refractivity contribution in [3.63, 3.8) is 0 Å². The highest BCUT2D eigenvalue weighted by Gasteiger charge is 2.36. The molecule has 0 aromatic carbocycles. The molecule has 1 aliphatic rings. The molecule has 3 nitrogen and oxygen atoms in total. The zero-order valence-corrected chi connectivity index (χ0v) is 14.5. The summed E-state index contributed by atoms with van der Waals surface area (Å²) in [6.45, 7) is 5.69. The monoisotopic (exact) mass is 335 g/mol. The fourth-order valence-electron chi connectivity index (χ4n) is 2.87. The van der Waals surface area contributed by atoms with Gasteiger partial charge < -0.3 is 0 Å². The van der Waals surface area contributed by atoms with Gasteiger partial charge in [-0.25, -0.2) is 8.42 Å². The van der Waals surface area contributed by atoms with E-state index in [1.807, 2.05) is 0 Å². The molecule has 0 atom stereocenters. The second-order valence-electron chi connectivity index (χ2n) is 5.49. The fraction of sp³-hybridized carbons (Fsp3) is 0.714. The molecule has 1 aliphatic heterocycles. The lowest BCUT2D eigenvalue weighted by Gasteiger charge is -2.40. The Morgan fingerprint density at radius 3 is 2.35 bits per heavy atom. The maximum absolute atomic E-state index is 12.6. The predicted molar refractivity (Wildman–Crippen MR) is 84.9 cm³/mol. The summed E-state index contributed by atoms with van der Waals surface area (Å²) in [7, 11) is -3.33. The molecular weight excluding hydrogens is 314 g/mol. The van der Waals surface area contributed by atoms with Gasteiger partial charge in [0.1, 0.15) is 0 Å². The van der Waals surface area contributed by atoms with Gasteiger partial charge in [-0.05, 0) is 24.3 Å². The van der Waals surface area contributed by atoms with Crippen molar-refractivity contribution in [2.45, 2.75) is 50.3 Å². The Bertz CT molecular complexity index is 539. The second kappa shape index (κ2) is 6.34. The zero-order valence-electron chi connectivity index (χ0n) is 12.1. The van der Waals surface area contributed by atoms with E-state index < -0.39 is 10.0 Å². The second-order valence-corrected chi connectivity index (χ2v) is 8.69. The smallest absolute Gasteiger partial charge is 0.207 e. The van der Waals surface area contributed by atoms with Crippen molar-refractivity contribution in [1.82, 2.24) is 4.31 Å². The minimum Gasteiger partial charge on any atom is -0.207 e. The van der Waals surface area contributed by atoms with Crippen molar-refractivity contribution in [3.05, 3.63) is 16.3 Å². The molecule has 1 saturated heterocycles. The van der Waals surface area contributed by atoms with Crippen LogP contribution in [-0.2, 0) is 15.9 Å². The number of hydrogen-bond acceptors (Lipinski definition) is 3. The SMILES string of the molecule is CCC1(CC)CCN(S(=O)(=O)c2csc(CCl)c2)CC1. The van der Waals surface area contributed by atoms with Crippen LogP contribution in [0.2, 0.25) is 0 Å². The summed E-state index contributed by atoms with van der Waals surface area (Å²) in [5, 5.41) is 1.70. The molecule has 0 N–H and O–H groups in total. The first-order valence-electron chi connectivity index (χ1n) is 7.11. The van der Waals surface area contributed by atoms with Crippen LogP contribution in [0.3, 0.4) is 0 Å². The van der Waals surface area contributed by atoms with Crippen LogP contribution in [0.5, 0.6) is 0 Å². The molecule has 1 fully saturated rings. The molecule has 2 heterocycles. The van der Waals surface area contributed by atoms with Crippen LogP contribution in [0.4, 0.5) is 0 Å². The van der Waals surface area contributed by atoms with Crippen molar-refractivity contribution in [3.8, 4) is 0 Å². The number of hydrogen-bond donors (Lipinski definition) is 0. The van der Waals surface area contributed by atoms with Gasteiger partial charge in [-0.15, -0.1) is 22.9 Å². The number of thiophene rings is 1. The minimum atomic E-state index is -3.33. The quantitative estimate of drug-likeness (QED) is 0.760. The van der Waals surface area contributed by atoms with E-state index in [9.17, 15) is 8.42 Å². The van der Waals surface area contributed by atoms with Crippen LogP contribution in [0.15, 0.2) is 16.3 Å². The fourth-order valence-corrected chi connectivity index (χ4v) is 5.69. The van der Waals surface area contributed by atoms with Crippen molar-refractivity contribution in [2.75, 3.05) is 13.1 Å². The van der Waals surface area contributed by atoms with Gasteiger partial charge in [0.05, 0.1) is 10.8 Å². The van der Waals surface area contributed by atoms with E-state index in [2.05, 4.69) is 13.8 Å². The number of nitrogens with zero attached hydrogens (tertiary/aromatic N) is 1. The number of sulfonamides is 1. The van der Waals surface area contributed by atoms with Crippen molar-refractivity contribution >= 4 is 33.0 Å². The molecule has 0 unspecified atom stereocenters. The van der Waals surface area contributed by atoms with E-state index in [-0.39, 0.29) is 0 Å². The summed E-state index contributed by atoms with van der Waals surface area (Å²) < 4.78 is 26.8. The summed E-state index contributed by atoms with van der Waals surface area (Å²) in [6, 6.07) is 1.70. The molecule has 1 aromatic heterocycles. The van der Waals surface area contributed by atoms with Crippen molar-refractivity contribution < 1.29 is 8.42 Å². The van der Waals surface area contributed by atoms with Gasteiger partial charge in [-0.3, -0.25) is 0 Å². The molecule has 0 amide bonds. The molecule has 20 heavy (non-hydrogen) atoms. The lowest BCUT2D eigenvalue weighted by molar-refractivity contribution is 0.141. The molecule has 0 bridgehead atoms. The topological polar surface area (TPSA) is 37.4 Å². The molecule has 6 heteroatoms. The van der Waals surface area contributed by atoms with E-state index in [1.54, 1.807) is 15.8 Å². The third-order valence-electron chi connectivity index (χ3n) is 4.68. The maximum atomic E-state index is 12.6. The predicted octanol–water partition coefficient (Wildman–Crippen LogP) is 4.08. The first-order valence-corrected chi connectivity index (χ1v) is 9.96. The Morgan fingerprint density at radius 2 is 1.90 bits per heavy atom. The summed E-state index contributed by atoms with van der Waals surface area (Å²) in [5.41, 5.74) is 0.335. The van der Waals surface area contributed by atoms with E-state index in [1.165, 1.54) is 11.3 Å². The third-order valence-corrected chi connectivity index (χ3v) is 8.09. The lowest BCUT2D eigenvalue weighted by Crippen LogP contribution is -2.42. The highest BCUT2D eigenvalue weighted by atomic mass is 35.5. The average Bonchev–Trinajstić information content (AvgIpc) is 2.97. The Labute approximate surface area is 131 Å². The molecule has 0 saturated carbocycles. The normalized spacial score (nSPS) is 20.1. The van der Waals surface area contributed by atoms with E-state index >= 15 is 0 Å². The standard InChI is InChI=1S/C14H22ClNO2S2/c1-3-14(4-2)5-7-16(8-6-14)20(17,18)13-9-12(10-15)19-11-13/h9,11H,3-8,10H2,1-2H3. The van der Waals surface area contributed by atoms with Crippen LogP contribution in [0.25, 0.3) is 0 Å². The Kier molecular flexibility index (Phi) is 5.16. The number of piperidine rings is 1. The van der Waals surface area contributed by atoms with Gasteiger partial charge >= 0.3 is 0 Å². The Balaban J connectivity index is 2.13. The third kappa shape index (κ3) is 3.06. The van der Waals surface area contributed by atoms with Crippen LogP contribution in [-0.4, -0.2) is 25.8 Å². The van der Waals surface area contributed by atoms with Crippen molar-refractivity contribution in [1.29, 1.82) is 0 Å². The van der Waals surface area contributed by atoms with Gasteiger partial charge in [-0.2, -0.15) is 4.31 Å². The molecule has 0 aliphatic carbocycles. The Morgan fingerprint density at radius 1 is 1.30 bits per heavy atom. The highest BCUT2D eigenvalue weighted by Crippen LogP contribution is 2.39. The largest absolute Gasteiger partial charge is 0.243 e. The van der Waals surface area contributed by atoms with Crippen LogP contribution in [0.1, 0.15) is 44.4 Å². The Hall–Kier alpha value is -0.100. The van der Waals surface area contributed by atoms with Gasteiger partial charge in [-0.1, -0.05) is 26.7 Å². The highest BCUT2D eigenvalue weighted by molar-refractivity contribution is 7.89. The molecule has 114 valence electrons. The number of halogens is 1. The first-order chi connectivity index (χ1) is 9.47. The van der Waals surface area contributed by atoms with Crippen LogP contribution < -0.4 is 0 Å². The van der Waals surface area contributed by atoms with Gasteiger partial charge in [0.15, 0.2) is 0 Å². The summed E-state index contributed by atoms with van der Waals surface area (Å²) in [6.07, 6.45) is 4.19. The van der Waals surface area contributed by atoms with E-state index in [0.717, 1.165) is 30.6 Å². The molecule has 0 radical (unpaired) electrons. The number of rotatable bonds is 5. The van der Waals surface area contributed by atoms with E-state index in [0.29, 0.717) is 29.3 Å². The molecule has 2 rings (SSSR count). The zero-order chi connectivity index (χ0) is 14.8. The van der Waals surface area contributed by atoms with E-state index in [4.69, 9.17) is 11.6 Å². The maximum Gasteiger partial charge on any atom is 0.243 e.